The van der Waals surface area contributed by atoms with Gasteiger partial charge in [0.25, 0.3) is 0 Å². The van der Waals surface area contributed by atoms with Gasteiger partial charge in [0.1, 0.15) is 17.5 Å². The maximum Gasteiger partial charge on any atom is 0.358 e. The van der Waals surface area contributed by atoms with E-state index >= 15 is 0 Å². The molecule has 2 aromatic rings. The maximum absolute atomic E-state index is 13.6. The van der Waals surface area contributed by atoms with Crippen LogP contribution in [0.1, 0.15) is 10.5 Å². The van der Waals surface area contributed by atoms with Gasteiger partial charge in [0.05, 0.1) is 29.7 Å². The predicted molar refractivity (Wildman–Crippen MR) is 70.7 cm³/mol. The maximum atomic E-state index is 13.6. The zero-order chi connectivity index (χ0) is 14.7. The number of esters is 1. The Bertz CT molecular complexity index is 667. The topological polar surface area (TPSA) is 64.1 Å². The molecule has 104 valence electrons. The summed E-state index contributed by atoms with van der Waals surface area (Å²) in [5.41, 5.74) is -0.0336. The summed E-state index contributed by atoms with van der Waals surface area (Å²) in [4.78, 5) is 19.0. The molecular weight excluding hydrogens is 336 g/mol. The van der Waals surface area contributed by atoms with E-state index in [1.807, 2.05) is 0 Å². The third kappa shape index (κ3) is 3.08. The molecule has 0 saturated heterocycles. The lowest BCUT2D eigenvalue weighted by molar-refractivity contribution is 0.0593. The Hall–Kier alpha value is -2.09. The van der Waals surface area contributed by atoms with Crippen molar-refractivity contribution >= 4 is 33.4 Å². The molecule has 8 heteroatoms. The van der Waals surface area contributed by atoms with Gasteiger partial charge in [-0.05, 0) is 22.0 Å². The van der Waals surface area contributed by atoms with Gasteiger partial charge in [-0.1, -0.05) is 0 Å². The fraction of sp³-hybridized carbons (Fsp3) is 0.0833. The summed E-state index contributed by atoms with van der Waals surface area (Å²) in [6, 6.07) is 1.95. The Balaban J connectivity index is 2.31. The van der Waals surface area contributed by atoms with E-state index in [0.29, 0.717) is 0 Å². The van der Waals surface area contributed by atoms with Gasteiger partial charge in [0, 0.05) is 6.07 Å². The summed E-state index contributed by atoms with van der Waals surface area (Å²) in [5, 5.41) is 2.61. The number of rotatable bonds is 3. The minimum atomic E-state index is -0.795. The van der Waals surface area contributed by atoms with E-state index in [2.05, 4.69) is 36.0 Å². The average molecular weight is 344 g/mol. The van der Waals surface area contributed by atoms with Crippen molar-refractivity contribution in [1.82, 2.24) is 9.97 Å². The van der Waals surface area contributed by atoms with Crippen molar-refractivity contribution in [2.24, 2.45) is 0 Å². The molecule has 0 amide bonds. The van der Waals surface area contributed by atoms with Crippen LogP contribution in [0.25, 0.3) is 0 Å². The molecule has 1 aromatic heterocycles. The number of halogens is 3. The second kappa shape index (κ2) is 5.91. The number of methoxy groups -OCH3 is 1. The van der Waals surface area contributed by atoms with Gasteiger partial charge in [0.2, 0.25) is 0 Å². The molecule has 0 radical (unpaired) electrons. The lowest BCUT2D eigenvalue weighted by Gasteiger charge is -2.08. The van der Waals surface area contributed by atoms with E-state index in [1.165, 1.54) is 25.6 Å². The van der Waals surface area contributed by atoms with Crippen LogP contribution in [0.15, 0.2) is 29.0 Å². The highest BCUT2D eigenvalue weighted by molar-refractivity contribution is 9.10. The molecule has 0 aliphatic carbocycles. The molecule has 1 heterocycles. The van der Waals surface area contributed by atoms with E-state index < -0.39 is 17.6 Å². The molecule has 0 fully saturated rings. The first-order chi connectivity index (χ1) is 9.51. The van der Waals surface area contributed by atoms with E-state index in [9.17, 15) is 13.6 Å². The fourth-order valence-corrected chi connectivity index (χ4v) is 1.73. The highest BCUT2D eigenvalue weighted by Gasteiger charge is 2.12. The molecular formula is C12H8BrF2N3O2. The van der Waals surface area contributed by atoms with Crippen LogP contribution in [0.2, 0.25) is 0 Å². The Morgan fingerprint density at radius 1 is 1.30 bits per heavy atom. The van der Waals surface area contributed by atoms with E-state index in [-0.39, 0.29) is 21.7 Å². The van der Waals surface area contributed by atoms with Gasteiger partial charge in [-0.3, -0.25) is 4.98 Å². The number of hydrogen-bond donors (Lipinski definition) is 1. The van der Waals surface area contributed by atoms with E-state index in [1.54, 1.807) is 0 Å². The van der Waals surface area contributed by atoms with E-state index in [0.717, 1.165) is 6.07 Å². The van der Waals surface area contributed by atoms with Crippen LogP contribution >= 0.6 is 15.9 Å². The largest absolute Gasteiger partial charge is 0.464 e. The lowest BCUT2D eigenvalue weighted by atomic mass is 10.3. The molecule has 0 unspecified atom stereocenters. The summed E-state index contributed by atoms with van der Waals surface area (Å²) in [5.74, 6) is -2.05. The number of hydrogen-bond acceptors (Lipinski definition) is 5. The number of aromatic nitrogens is 2. The normalized spacial score (nSPS) is 10.2. The molecule has 5 nitrogen and oxygen atoms in total. The van der Waals surface area contributed by atoms with Gasteiger partial charge >= 0.3 is 5.97 Å². The third-order valence-corrected chi connectivity index (χ3v) is 2.91. The molecule has 0 aliphatic rings. The molecule has 2 rings (SSSR count). The number of anilines is 2. The van der Waals surface area contributed by atoms with Crippen LogP contribution in [-0.4, -0.2) is 23.0 Å². The Morgan fingerprint density at radius 2 is 2.05 bits per heavy atom. The number of nitrogens with one attached hydrogen (secondary N) is 1. The van der Waals surface area contributed by atoms with Crippen molar-refractivity contribution in [3.63, 3.8) is 0 Å². The summed E-state index contributed by atoms with van der Waals surface area (Å²) < 4.78 is 31.3. The van der Waals surface area contributed by atoms with Crippen molar-refractivity contribution < 1.29 is 18.3 Å². The van der Waals surface area contributed by atoms with Crippen LogP contribution in [0.4, 0.5) is 20.3 Å². The minimum absolute atomic E-state index is 0.00501. The van der Waals surface area contributed by atoms with Crippen LogP contribution in [0.3, 0.4) is 0 Å². The molecule has 1 N–H and O–H groups in total. The first-order valence-corrected chi connectivity index (χ1v) is 6.12. The van der Waals surface area contributed by atoms with Gasteiger partial charge in [-0.15, -0.1) is 0 Å². The summed E-state index contributed by atoms with van der Waals surface area (Å²) in [6.45, 7) is 0. The lowest BCUT2D eigenvalue weighted by Crippen LogP contribution is -2.07. The number of benzene rings is 1. The van der Waals surface area contributed by atoms with Gasteiger partial charge in [0.15, 0.2) is 5.69 Å². The summed E-state index contributed by atoms with van der Waals surface area (Å²) in [6.07, 6.45) is 2.51. The van der Waals surface area contributed by atoms with Crippen LogP contribution in [-0.2, 0) is 4.74 Å². The fourth-order valence-electron chi connectivity index (χ4n) is 1.39. The summed E-state index contributed by atoms with van der Waals surface area (Å²) >= 11 is 2.95. The van der Waals surface area contributed by atoms with Crippen molar-refractivity contribution in [3.05, 3.63) is 46.3 Å². The summed E-state index contributed by atoms with van der Waals surface area (Å²) in [7, 11) is 1.21. The molecule has 0 bridgehead atoms. The second-order valence-electron chi connectivity index (χ2n) is 3.65. The van der Waals surface area contributed by atoms with Crippen LogP contribution in [0, 0.1) is 11.6 Å². The molecule has 20 heavy (non-hydrogen) atoms. The third-order valence-electron chi connectivity index (χ3n) is 2.30. The Morgan fingerprint density at radius 3 is 2.75 bits per heavy atom. The number of nitrogens with zero attached hydrogens (tertiary/aromatic N) is 2. The van der Waals surface area contributed by atoms with Crippen LogP contribution < -0.4 is 5.32 Å². The van der Waals surface area contributed by atoms with Crippen molar-refractivity contribution in [2.75, 3.05) is 12.4 Å². The Labute approximate surface area is 121 Å². The highest BCUT2D eigenvalue weighted by Crippen LogP contribution is 2.25. The molecule has 0 aliphatic heterocycles. The SMILES string of the molecule is COC(=O)c1cncc(Nc2cc(Br)c(F)cc2F)n1. The predicted octanol–water partition coefficient (Wildman–Crippen LogP) is 3.05. The molecule has 0 atom stereocenters. The van der Waals surface area contributed by atoms with Gasteiger partial charge < -0.3 is 10.1 Å². The van der Waals surface area contributed by atoms with Gasteiger partial charge in [-0.25, -0.2) is 18.6 Å². The molecule has 0 spiro atoms. The van der Waals surface area contributed by atoms with Crippen molar-refractivity contribution in [2.45, 2.75) is 0 Å². The standard InChI is InChI=1S/C12H8BrF2N3O2/c1-20-12(19)10-4-16-5-11(18-10)17-9-2-6(13)7(14)3-8(9)15/h2-5H,1H3,(H,17,18). The Kier molecular flexibility index (Phi) is 4.23. The second-order valence-corrected chi connectivity index (χ2v) is 4.51. The zero-order valence-corrected chi connectivity index (χ0v) is 11.7. The minimum Gasteiger partial charge on any atom is -0.464 e. The first-order valence-electron chi connectivity index (χ1n) is 5.33. The number of carbonyl (C=O) groups is 1. The van der Waals surface area contributed by atoms with Gasteiger partial charge in [-0.2, -0.15) is 0 Å². The molecule has 0 saturated carbocycles. The zero-order valence-electron chi connectivity index (χ0n) is 10.2. The monoisotopic (exact) mass is 343 g/mol. The van der Waals surface area contributed by atoms with Crippen molar-refractivity contribution in [1.29, 1.82) is 0 Å². The van der Waals surface area contributed by atoms with E-state index in [4.69, 9.17) is 0 Å². The molecule has 1 aromatic carbocycles. The average Bonchev–Trinajstić information content (AvgIpc) is 2.44. The highest BCUT2D eigenvalue weighted by atomic mass is 79.9. The number of carbonyl (C=O) groups excluding carboxylic acids is 1. The first kappa shape index (κ1) is 14.3. The number of ether oxygens (including phenoxy) is 1. The quantitative estimate of drug-likeness (QED) is 0.685. The smallest absolute Gasteiger partial charge is 0.358 e. The van der Waals surface area contributed by atoms with Crippen LogP contribution in [0.5, 0.6) is 0 Å². The van der Waals surface area contributed by atoms with Crippen molar-refractivity contribution in [3.8, 4) is 0 Å².